The largest absolute Gasteiger partial charge is 0.308 e. The van der Waals surface area contributed by atoms with E-state index in [1.165, 1.54) is 0 Å². The first kappa shape index (κ1) is 14.0. The Hall–Kier alpha value is -0.450. The Labute approximate surface area is 121 Å². The van der Waals surface area contributed by atoms with Gasteiger partial charge in [-0.1, -0.05) is 18.5 Å². The second kappa shape index (κ2) is 6.13. The molecule has 0 bridgehead atoms. The fourth-order valence-corrected chi connectivity index (χ4v) is 3.16. The highest BCUT2D eigenvalue weighted by molar-refractivity contribution is 7.98. The number of aromatic nitrogens is 3. The van der Waals surface area contributed by atoms with Crippen LogP contribution in [0, 0.1) is 0 Å². The van der Waals surface area contributed by atoms with Crippen molar-refractivity contribution in [2.45, 2.75) is 25.3 Å². The van der Waals surface area contributed by atoms with E-state index in [0.717, 1.165) is 29.2 Å². The van der Waals surface area contributed by atoms with E-state index >= 15 is 0 Å². The predicted molar refractivity (Wildman–Crippen MR) is 79.8 cm³/mol. The van der Waals surface area contributed by atoms with Crippen LogP contribution >= 0.6 is 35.0 Å². The van der Waals surface area contributed by atoms with Crippen molar-refractivity contribution < 1.29 is 0 Å². The molecular formula is C12H15Cl2N3S. The first-order chi connectivity index (χ1) is 8.71. The standard InChI is InChI=1S/C12H15Cl2N3S/c1-3-9(7-18-2)17-11(5-13)16-10-4-8(14)6-15-12(10)17/h4,6,9H,3,5,7H2,1-2H3. The highest BCUT2D eigenvalue weighted by atomic mass is 35.5. The van der Waals surface area contributed by atoms with Crippen molar-refractivity contribution in [1.82, 2.24) is 14.5 Å². The van der Waals surface area contributed by atoms with Gasteiger partial charge in [-0.05, 0) is 18.7 Å². The van der Waals surface area contributed by atoms with E-state index in [2.05, 4.69) is 27.7 Å². The van der Waals surface area contributed by atoms with E-state index in [0.29, 0.717) is 16.9 Å². The Morgan fingerprint density at radius 3 is 2.89 bits per heavy atom. The topological polar surface area (TPSA) is 30.7 Å². The van der Waals surface area contributed by atoms with E-state index in [-0.39, 0.29) is 0 Å². The zero-order valence-corrected chi connectivity index (χ0v) is 12.7. The number of hydrogen-bond donors (Lipinski definition) is 0. The van der Waals surface area contributed by atoms with Crippen LogP contribution in [-0.2, 0) is 5.88 Å². The lowest BCUT2D eigenvalue weighted by Gasteiger charge is -2.18. The number of rotatable bonds is 5. The summed E-state index contributed by atoms with van der Waals surface area (Å²) in [4.78, 5) is 8.92. The Bertz CT molecular complexity index is 541. The smallest absolute Gasteiger partial charge is 0.160 e. The number of imidazole rings is 1. The molecule has 0 amide bonds. The van der Waals surface area contributed by atoms with E-state index in [4.69, 9.17) is 23.2 Å². The van der Waals surface area contributed by atoms with Gasteiger partial charge in [0.25, 0.3) is 0 Å². The number of pyridine rings is 1. The van der Waals surface area contributed by atoms with Crippen LogP contribution in [-0.4, -0.2) is 26.5 Å². The molecule has 2 heterocycles. The molecule has 0 N–H and O–H groups in total. The van der Waals surface area contributed by atoms with Gasteiger partial charge >= 0.3 is 0 Å². The van der Waals surface area contributed by atoms with Crippen molar-refractivity contribution in [3.8, 4) is 0 Å². The van der Waals surface area contributed by atoms with Crippen LogP contribution < -0.4 is 0 Å². The Kier molecular flexibility index (Phi) is 4.76. The summed E-state index contributed by atoms with van der Waals surface area (Å²) in [6.45, 7) is 2.17. The van der Waals surface area contributed by atoms with Crippen LogP contribution in [0.25, 0.3) is 11.2 Å². The molecule has 2 aromatic heterocycles. The molecule has 18 heavy (non-hydrogen) atoms. The van der Waals surface area contributed by atoms with Crippen LogP contribution in [0.2, 0.25) is 5.02 Å². The van der Waals surface area contributed by atoms with E-state index in [1.54, 1.807) is 6.20 Å². The molecular weight excluding hydrogens is 289 g/mol. The molecule has 0 saturated heterocycles. The van der Waals surface area contributed by atoms with Crippen LogP contribution in [0.5, 0.6) is 0 Å². The van der Waals surface area contributed by atoms with Crippen molar-refractivity contribution in [3.05, 3.63) is 23.1 Å². The molecule has 3 nitrogen and oxygen atoms in total. The summed E-state index contributed by atoms with van der Waals surface area (Å²) < 4.78 is 2.15. The molecule has 2 aromatic rings. The number of thioether (sulfide) groups is 1. The van der Waals surface area contributed by atoms with Crippen LogP contribution in [0.3, 0.4) is 0 Å². The number of halogens is 2. The van der Waals surface area contributed by atoms with Crippen molar-refractivity contribution >= 4 is 46.1 Å². The van der Waals surface area contributed by atoms with Gasteiger partial charge in [0.2, 0.25) is 0 Å². The number of alkyl halides is 1. The monoisotopic (exact) mass is 303 g/mol. The molecule has 1 atom stereocenters. The first-order valence-electron chi connectivity index (χ1n) is 5.78. The van der Waals surface area contributed by atoms with Crippen molar-refractivity contribution in [1.29, 1.82) is 0 Å². The average Bonchev–Trinajstić information content (AvgIpc) is 2.73. The predicted octanol–water partition coefficient (Wildman–Crippen LogP) is 4.14. The number of fused-ring (bicyclic) bond motifs is 1. The summed E-state index contributed by atoms with van der Waals surface area (Å²) in [5.41, 5.74) is 1.69. The Morgan fingerprint density at radius 1 is 1.50 bits per heavy atom. The fraction of sp³-hybridized carbons (Fsp3) is 0.500. The summed E-state index contributed by atoms with van der Waals surface area (Å²) >= 11 is 13.8. The van der Waals surface area contributed by atoms with E-state index < -0.39 is 0 Å². The molecule has 0 saturated carbocycles. The lowest BCUT2D eigenvalue weighted by molar-refractivity contribution is 0.535. The van der Waals surface area contributed by atoms with Gasteiger partial charge < -0.3 is 4.57 Å². The Balaban J connectivity index is 2.58. The molecule has 0 aliphatic heterocycles. The average molecular weight is 304 g/mol. The summed E-state index contributed by atoms with van der Waals surface area (Å²) in [5, 5.41) is 0.603. The Morgan fingerprint density at radius 2 is 2.28 bits per heavy atom. The number of nitrogens with zero attached hydrogens (tertiary/aromatic N) is 3. The molecule has 98 valence electrons. The van der Waals surface area contributed by atoms with E-state index in [1.807, 2.05) is 17.8 Å². The summed E-state index contributed by atoms with van der Waals surface area (Å²) in [6, 6.07) is 2.20. The zero-order chi connectivity index (χ0) is 13.1. The van der Waals surface area contributed by atoms with Gasteiger partial charge in [-0.25, -0.2) is 9.97 Å². The maximum atomic E-state index is 5.99. The molecule has 0 aromatic carbocycles. The highest BCUT2D eigenvalue weighted by Crippen LogP contribution is 2.26. The molecule has 0 radical (unpaired) electrons. The third kappa shape index (κ3) is 2.60. The van der Waals surface area contributed by atoms with Gasteiger partial charge in [0.1, 0.15) is 11.3 Å². The van der Waals surface area contributed by atoms with Gasteiger partial charge in [0.15, 0.2) is 5.65 Å². The third-order valence-corrected chi connectivity index (χ3v) is 4.05. The SMILES string of the molecule is CCC(CSC)n1c(CCl)nc2cc(Cl)cnc21. The fourth-order valence-electron chi connectivity index (χ4n) is 2.05. The highest BCUT2D eigenvalue weighted by Gasteiger charge is 2.18. The minimum absolute atomic E-state index is 0.368. The second-order valence-corrected chi connectivity index (χ2v) is 5.66. The molecule has 0 spiro atoms. The maximum absolute atomic E-state index is 5.99. The van der Waals surface area contributed by atoms with Gasteiger partial charge in [-0.3, -0.25) is 0 Å². The normalized spacial score (nSPS) is 13.1. The quantitative estimate of drug-likeness (QED) is 0.778. The zero-order valence-electron chi connectivity index (χ0n) is 10.4. The number of hydrogen-bond acceptors (Lipinski definition) is 3. The lowest BCUT2D eigenvalue weighted by atomic mass is 10.2. The van der Waals surface area contributed by atoms with Crippen molar-refractivity contribution in [3.63, 3.8) is 0 Å². The van der Waals surface area contributed by atoms with Gasteiger partial charge in [0, 0.05) is 18.0 Å². The minimum Gasteiger partial charge on any atom is -0.308 e. The summed E-state index contributed by atoms with van der Waals surface area (Å²) in [6.07, 6.45) is 4.79. The van der Waals surface area contributed by atoms with Crippen molar-refractivity contribution in [2.75, 3.05) is 12.0 Å². The first-order valence-corrected chi connectivity index (χ1v) is 8.09. The van der Waals surface area contributed by atoms with Gasteiger partial charge in [-0.2, -0.15) is 11.8 Å². The van der Waals surface area contributed by atoms with Crippen LogP contribution in [0.15, 0.2) is 12.3 Å². The second-order valence-electron chi connectivity index (χ2n) is 4.05. The van der Waals surface area contributed by atoms with Crippen LogP contribution in [0.4, 0.5) is 0 Å². The third-order valence-electron chi connectivity index (χ3n) is 2.88. The summed E-state index contributed by atoms with van der Waals surface area (Å²) in [5.74, 6) is 2.27. The molecule has 6 heteroatoms. The summed E-state index contributed by atoms with van der Waals surface area (Å²) in [7, 11) is 0. The maximum Gasteiger partial charge on any atom is 0.160 e. The van der Waals surface area contributed by atoms with Gasteiger partial charge in [0.05, 0.1) is 10.9 Å². The van der Waals surface area contributed by atoms with Gasteiger partial charge in [-0.15, -0.1) is 11.6 Å². The molecule has 0 aliphatic carbocycles. The van der Waals surface area contributed by atoms with Crippen LogP contribution in [0.1, 0.15) is 25.2 Å². The lowest BCUT2D eigenvalue weighted by Crippen LogP contribution is -2.13. The molecule has 1 unspecified atom stereocenters. The molecule has 0 fully saturated rings. The minimum atomic E-state index is 0.368. The molecule has 0 aliphatic rings. The van der Waals surface area contributed by atoms with Crippen molar-refractivity contribution in [2.24, 2.45) is 0 Å². The molecule has 2 rings (SSSR count). The van der Waals surface area contributed by atoms with E-state index in [9.17, 15) is 0 Å².